The third-order valence-corrected chi connectivity index (χ3v) is 4.01. The molecule has 0 aliphatic rings. The van der Waals surface area contributed by atoms with Crippen molar-refractivity contribution in [1.82, 2.24) is 9.55 Å². The molecule has 1 heterocycles. The zero-order valence-corrected chi connectivity index (χ0v) is 13.2. The Morgan fingerprint density at radius 2 is 1.95 bits per heavy atom. The summed E-state index contributed by atoms with van der Waals surface area (Å²) >= 11 is 8.41. The van der Waals surface area contributed by atoms with Crippen LogP contribution in [0.15, 0.2) is 34.8 Å². The van der Waals surface area contributed by atoms with Gasteiger partial charge in [-0.3, -0.25) is 4.57 Å². The van der Waals surface area contributed by atoms with Gasteiger partial charge in [-0.25, -0.2) is 8.78 Å². The predicted molar refractivity (Wildman–Crippen MR) is 82.6 cm³/mol. The SMILES string of the molecule is COc1cc2c(cc1F)[nH]c(=S)n2-c1ccc(F)c(Br)c1. The molecule has 0 bridgehead atoms. The van der Waals surface area contributed by atoms with E-state index in [0.29, 0.717) is 26.0 Å². The number of methoxy groups -OCH3 is 1. The van der Waals surface area contributed by atoms with E-state index in [1.807, 2.05) is 0 Å². The molecule has 3 rings (SSSR count). The quantitative estimate of drug-likeness (QED) is 0.660. The van der Waals surface area contributed by atoms with Crippen LogP contribution in [0.3, 0.4) is 0 Å². The number of fused-ring (bicyclic) bond motifs is 1. The maximum absolute atomic E-state index is 13.7. The van der Waals surface area contributed by atoms with Gasteiger partial charge < -0.3 is 9.72 Å². The molecule has 0 radical (unpaired) electrons. The number of nitrogens with zero attached hydrogens (tertiary/aromatic N) is 1. The Labute approximate surface area is 132 Å². The van der Waals surface area contributed by atoms with Gasteiger partial charge in [0.2, 0.25) is 0 Å². The van der Waals surface area contributed by atoms with Crippen molar-refractivity contribution < 1.29 is 13.5 Å². The number of aromatic amines is 1. The summed E-state index contributed by atoms with van der Waals surface area (Å²) in [6.45, 7) is 0. The highest BCUT2D eigenvalue weighted by Gasteiger charge is 2.12. The van der Waals surface area contributed by atoms with Crippen LogP contribution in [0.1, 0.15) is 0 Å². The largest absolute Gasteiger partial charge is 0.494 e. The van der Waals surface area contributed by atoms with Crippen LogP contribution >= 0.6 is 28.1 Å². The van der Waals surface area contributed by atoms with Gasteiger partial charge >= 0.3 is 0 Å². The number of H-pyrrole nitrogens is 1. The Hall–Kier alpha value is -1.73. The monoisotopic (exact) mass is 370 g/mol. The van der Waals surface area contributed by atoms with Gasteiger partial charge in [-0.15, -0.1) is 0 Å². The van der Waals surface area contributed by atoms with Crippen LogP contribution in [-0.2, 0) is 0 Å². The summed E-state index contributed by atoms with van der Waals surface area (Å²) in [7, 11) is 1.39. The van der Waals surface area contributed by atoms with Crippen LogP contribution in [0.4, 0.5) is 8.78 Å². The van der Waals surface area contributed by atoms with E-state index in [1.165, 1.54) is 19.2 Å². The lowest BCUT2D eigenvalue weighted by Crippen LogP contribution is -1.96. The van der Waals surface area contributed by atoms with Crippen molar-refractivity contribution in [1.29, 1.82) is 0 Å². The van der Waals surface area contributed by atoms with E-state index in [9.17, 15) is 8.78 Å². The molecule has 0 amide bonds. The first-order valence-electron chi connectivity index (χ1n) is 5.95. The van der Waals surface area contributed by atoms with Gasteiger partial charge in [0, 0.05) is 17.8 Å². The molecule has 1 aromatic heterocycles. The first-order chi connectivity index (χ1) is 10.0. The molecule has 1 N–H and O–H groups in total. The normalized spacial score (nSPS) is 11.0. The molecule has 2 aromatic carbocycles. The topological polar surface area (TPSA) is 29.9 Å². The van der Waals surface area contributed by atoms with Crippen molar-refractivity contribution in [3.8, 4) is 11.4 Å². The van der Waals surface area contributed by atoms with E-state index < -0.39 is 5.82 Å². The molecule has 7 heteroatoms. The van der Waals surface area contributed by atoms with Gasteiger partial charge in [0.05, 0.1) is 22.6 Å². The summed E-state index contributed by atoms with van der Waals surface area (Å²) in [6.07, 6.45) is 0. The van der Waals surface area contributed by atoms with Crippen molar-refractivity contribution in [2.24, 2.45) is 0 Å². The molecule has 0 saturated carbocycles. The minimum Gasteiger partial charge on any atom is -0.494 e. The fourth-order valence-electron chi connectivity index (χ4n) is 2.15. The highest BCUT2D eigenvalue weighted by atomic mass is 79.9. The number of benzene rings is 2. The number of imidazole rings is 1. The Kier molecular flexibility index (Phi) is 3.54. The highest BCUT2D eigenvalue weighted by molar-refractivity contribution is 9.10. The summed E-state index contributed by atoms with van der Waals surface area (Å²) in [5, 5.41) is 0. The van der Waals surface area contributed by atoms with Crippen LogP contribution in [0.25, 0.3) is 16.7 Å². The number of nitrogens with one attached hydrogen (secondary N) is 1. The fourth-order valence-corrected chi connectivity index (χ4v) is 2.83. The molecule has 0 unspecified atom stereocenters. The third-order valence-electron chi connectivity index (χ3n) is 3.12. The van der Waals surface area contributed by atoms with Crippen LogP contribution in [0.2, 0.25) is 0 Å². The first kappa shape index (κ1) is 14.2. The zero-order valence-electron chi connectivity index (χ0n) is 10.8. The number of hydrogen-bond donors (Lipinski definition) is 1. The molecule has 3 aromatic rings. The van der Waals surface area contributed by atoms with E-state index >= 15 is 0 Å². The van der Waals surface area contributed by atoms with Crippen LogP contribution in [0, 0.1) is 16.4 Å². The Morgan fingerprint density at radius 1 is 1.19 bits per heavy atom. The highest BCUT2D eigenvalue weighted by Crippen LogP contribution is 2.28. The minimum atomic E-state index is -0.478. The molecule has 0 saturated heterocycles. The van der Waals surface area contributed by atoms with Gasteiger partial charge in [0.15, 0.2) is 16.3 Å². The standard InChI is InChI=1S/C14H9BrF2N2OS/c1-20-13-6-12-11(5-10(13)17)18-14(21)19(12)7-2-3-9(16)8(15)4-7/h2-6H,1H3,(H,18,21). The van der Waals surface area contributed by atoms with Crippen molar-refractivity contribution in [2.45, 2.75) is 0 Å². The van der Waals surface area contributed by atoms with Gasteiger partial charge in [-0.2, -0.15) is 0 Å². The second-order valence-corrected chi connectivity index (χ2v) is 5.61. The second kappa shape index (κ2) is 5.23. The second-order valence-electron chi connectivity index (χ2n) is 4.37. The summed E-state index contributed by atoms with van der Waals surface area (Å²) in [5.41, 5.74) is 1.85. The molecule has 21 heavy (non-hydrogen) atoms. The maximum Gasteiger partial charge on any atom is 0.182 e. The molecule has 3 nitrogen and oxygen atoms in total. The summed E-state index contributed by atoms with van der Waals surface area (Å²) < 4.78 is 34.5. The maximum atomic E-state index is 13.7. The van der Waals surface area contributed by atoms with Crippen LogP contribution < -0.4 is 4.74 Å². The van der Waals surface area contributed by atoms with Crippen LogP contribution in [-0.4, -0.2) is 16.7 Å². The third kappa shape index (κ3) is 2.36. The number of aromatic nitrogens is 2. The molecule has 0 spiro atoms. The lowest BCUT2D eigenvalue weighted by Gasteiger charge is -2.07. The van der Waals surface area contributed by atoms with E-state index in [1.54, 1.807) is 22.8 Å². The summed E-state index contributed by atoms with van der Waals surface area (Å²) in [6, 6.07) is 7.40. The lowest BCUT2D eigenvalue weighted by molar-refractivity contribution is 0.387. The van der Waals surface area contributed by atoms with Crippen molar-refractivity contribution in [2.75, 3.05) is 7.11 Å². The number of halogens is 3. The van der Waals surface area contributed by atoms with Gasteiger partial charge in [-0.05, 0) is 46.3 Å². The fraction of sp³-hybridized carbons (Fsp3) is 0.0714. The molecule has 0 atom stereocenters. The average Bonchev–Trinajstić information content (AvgIpc) is 2.76. The van der Waals surface area contributed by atoms with Crippen molar-refractivity contribution in [3.05, 3.63) is 51.2 Å². The number of hydrogen-bond acceptors (Lipinski definition) is 2. The van der Waals surface area contributed by atoms with Crippen molar-refractivity contribution in [3.63, 3.8) is 0 Å². The number of rotatable bonds is 2. The van der Waals surface area contributed by atoms with E-state index in [2.05, 4.69) is 20.9 Å². The molecule has 0 aliphatic carbocycles. The van der Waals surface area contributed by atoms with Crippen LogP contribution in [0.5, 0.6) is 5.75 Å². The van der Waals surface area contributed by atoms with E-state index in [-0.39, 0.29) is 11.6 Å². The lowest BCUT2D eigenvalue weighted by atomic mass is 10.2. The smallest absolute Gasteiger partial charge is 0.182 e. The molecular formula is C14H9BrF2N2OS. The van der Waals surface area contributed by atoms with Crippen molar-refractivity contribution >= 4 is 39.2 Å². The molecule has 0 aliphatic heterocycles. The van der Waals surface area contributed by atoms with E-state index in [4.69, 9.17) is 17.0 Å². The summed E-state index contributed by atoms with van der Waals surface area (Å²) in [4.78, 5) is 2.92. The van der Waals surface area contributed by atoms with E-state index in [0.717, 1.165) is 0 Å². The zero-order chi connectivity index (χ0) is 15.1. The summed E-state index contributed by atoms with van der Waals surface area (Å²) in [5.74, 6) is -0.728. The predicted octanol–water partition coefficient (Wildman–Crippen LogP) is 4.74. The minimum absolute atomic E-state index is 0.117. The molecular weight excluding hydrogens is 362 g/mol. The molecule has 0 fully saturated rings. The first-order valence-corrected chi connectivity index (χ1v) is 7.15. The number of ether oxygens (including phenoxy) is 1. The average molecular weight is 371 g/mol. The van der Waals surface area contributed by atoms with Gasteiger partial charge in [-0.1, -0.05) is 0 Å². The molecule has 108 valence electrons. The Morgan fingerprint density at radius 3 is 2.62 bits per heavy atom. The van der Waals surface area contributed by atoms with Gasteiger partial charge in [0.1, 0.15) is 5.82 Å². The Balaban J connectivity index is 2.33. The Bertz CT molecular complexity index is 904. The van der Waals surface area contributed by atoms with Gasteiger partial charge in [0.25, 0.3) is 0 Å².